The van der Waals surface area contributed by atoms with E-state index < -0.39 is 16.1 Å². The highest BCUT2D eigenvalue weighted by atomic mass is 35.5. The number of hydrogen-bond donors (Lipinski definition) is 2. The quantitative estimate of drug-likeness (QED) is 0.723. The van der Waals surface area contributed by atoms with Crippen LogP contribution in [0.15, 0.2) is 35.2 Å². The number of aliphatic hydroxyl groups is 1. The van der Waals surface area contributed by atoms with Crippen molar-refractivity contribution in [3.05, 3.63) is 30.3 Å². The van der Waals surface area contributed by atoms with Gasteiger partial charge in [-0.05, 0) is 37.8 Å². The molecule has 1 unspecified atom stereocenters. The first-order valence-electron chi connectivity index (χ1n) is 6.70. The Morgan fingerprint density at radius 3 is 2.35 bits per heavy atom. The standard InChI is InChI=1S/C14H22ClNO3S/c1-11(12(2)17)14(9-6-10-15)16-20(18,19)13-7-4-3-5-8-13/h3-5,7-8,11-12,14,16-17H,6,9-10H2,1-2H3/t11-,12+,14?/m1/s1. The molecular formula is C14H22ClNO3S. The summed E-state index contributed by atoms with van der Waals surface area (Å²) >= 11 is 5.68. The zero-order chi connectivity index (χ0) is 15.2. The van der Waals surface area contributed by atoms with Crippen molar-refractivity contribution in [3.8, 4) is 0 Å². The van der Waals surface area contributed by atoms with Gasteiger partial charge in [0.05, 0.1) is 11.0 Å². The Labute approximate surface area is 126 Å². The van der Waals surface area contributed by atoms with E-state index in [0.717, 1.165) is 0 Å². The Morgan fingerprint density at radius 1 is 1.25 bits per heavy atom. The molecule has 114 valence electrons. The van der Waals surface area contributed by atoms with E-state index in [1.807, 2.05) is 6.92 Å². The molecule has 1 rings (SSSR count). The third-order valence-electron chi connectivity index (χ3n) is 3.40. The van der Waals surface area contributed by atoms with E-state index in [2.05, 4.69) is 4.72 Å². The molecule has 0 spiro atoms. The molecule has 1 aromatic rings. The highest BCUT2D eigenvalue weighted by Crippen LogP contribution is 2.17. The lowest BCUT2D eigenvalue weighted by atomic mass is 9.94. The van der Waals surface area contributed by atoms with Crippen LogP contribution in [0.3, 0.4) is 0 Å². The first-order valence-corrected chi connectivity index (χ1v) is 8.71. The molecule has 0 saturated heterocycles. The van der Waals surface area contributed by atoms with E-state index >= 15 is 0 Å². The average molecular weight is 320 g/mol. The van der Waals surface area contributed by atoms with Gasteiger partial charge in [0.1, 0.15) is 0 Å². The second kappa shape index (κ2) is 7.98. The minimum Gasteiger partial charge on any atom is -0.393 e. The van der Waals surface area contributed by atoms with E-state index in [9.17, 15) is 13.5 Å². The second-order valence-electron chi connectivity index (χ2n) is 4.97. The van der Waals surface area contributed by atoms with Crippen LogP contribution >= 0.6 is 11.6 Å². The minimum absolute atomic E-state index is 0.184. The first-order chi connectivity index (χ1) is 9.38. The molecule has 3 atom stereocenters. The fourth-order valence-electron chi connectivity index (χ4n) is 1.93. The van der Waals surface area contributed by atoms with Crippen LogP contribution in [0, 0.1) is 5.92 Å². The van der Waals surface area contributed by atoms with Gasteiger partial charge in [-0.1, -0.05) is 25.1 Å². The predicted octanol–water partition coefficient (Wildman–Crippen LogP) is 2.37. The molecule has 0 amide bonds. The molecule has 0 aliphatic carbocycles. The number of hydrogen-bond acceptors (Lipinski definition) is 3. The van der Waals surface area contributed by atoms with Crippen LogP contribution in [0.4, 0.5) is 0 Å². The normalized spacial score (nSPS) is 16.6. The lowest BCUT2D eigenvalue weighted by Crippen LogP contribution is -2.42. The summed E-state index contributed by atoms with van der Waals surface area (Å²) in [5.41, 5.74) is 0. The SMILES string of the molecule is C[C@H](O)[C@@H](C)C(CCCCl)NS(=O)(=O)c1ccccc1. The lowest BCUT2D eigenvalue weighted by molar-refractivity contribution is 0.114. The van der Waals surface area contributed by atoms with Crippen LogP contribution in [0.2, 0.25) is 0 Å². The summed E-state index contributed by atoms with van der Waals surface area (Å²) in [4.78, 5) is 0.230. The number of aliphatic hydroxyl groups excluding tert-OH is 1. The molecule has 0 fully saturated rings. The minimum atomic E-state index is -3.57. The lowest BCUT2D eigenvalue weighted by Gasteiger charge is -2.27. The number of rotatable bonds is 8. The topological polar surface area (TPSA) is 66.4 Å². The first kappa shape index (κ1) is 17.4. The van der Waals surface area contributed by atoms with Crippen molar-refractivity contribution in [2.75, 3.05) is 5.88 Å². The Kier molecular flexibility index (Phi) is 6.95. The molecule has 0 radical (unpaired) electrons. The summed E-state index contributed by atoms with van der Waals surface area (Å²) in [5, 5.41) is 9.69. The van der Waals surface area contributed by atoms with Crippen LogP contribution in [-0.2, 0) is 10.0 Å². The summed E-state index contributed by atoms with van der Waals surface area (Å²) in [6.07, 6.45) is 0.705. The van der Waals surface area contributed by atoms with Crippen LogP contribution in [0.25, 0.3) is 0 Å². The fourth-order valence-corrected chi connectivity index (χ4v) is 3.47. The van der Waals surface area contributed by atoms with Crippen molar-refractivity contribution < 1.29 is 13.5 Å². The van der Waals surface area contributed by atoms with Gasteiger partial charge in [0, 0.05) is 11.9 Å². The summed E-state index contributed by atoms with van der Waals surface area (Å²) < 4.78 is 27.3. The molecule has 2 N–H and O–H groups in total. The van der Waals surface area contributed by atoms with Crippen LogP contribution < -0.4 is 4.72 Å². The van der Waals surface area contributed by atoms with Gasteiger partial charge < -0.3 is 5.11 Å². The van der Waals surface area contributed by atoms with E-state index in [1.54, 1.807) is 37.3 Å². The summed E-state index contributed by atoms with van der Waals surface area (Å²) in [5.74, 6) is 0.285. The number of benzene rings is 1. The Balaban J connectivity index is 2.88. The summed E-state index contributed by atoms with van der Waals surface area (Å²) in [6, 6.07) is 7.89. The zero-order valence-electron chi connectivity index (χ0n) is 11.8. The molecule has 0 aliphatic heterocycles. The Morgan fingerprint density at radius 2 is 1.85 bits per heavy atom. The average Bonchev–Trinajstić information content (AvgIpc) is 2.43. The van der Waals surface area contributed by atoms with Crippen LogP contribution in [0.1, 0.15) is 26.7 Å². The van der Waals surface area contributed by atoms with Gasteiger partial charge in [0.25, 0.3) is 0 Å². The molecule has 0 aliphatic rings. The van der Waals surface area contributed by atoms with Gasteiger partial charge >= 0.3 is 0 Å². The van der Waals surface area contributed by atoms with Gasteiger partial charge in [-0.3, -0.25) is 0 Å². The van der Waals surface area contributed by atoms with Crippen LogP contribution in [0.5, 0.6) is 0 Å². The van der Waals surface area contributed by atoms with Gasteiger partial charge in [-0.2, -0.15) is 0 Å². The Hall–Kier alpha value is -0.620. The number of sulfonamides is 1. The number of nitrogens with one attached hydrogen (secondary N) is 1. The molecule has 0 saturated carbocycles. The molecule has 6 heteroatoms. The number of halogens is 1. The smallest absolute Gasteiger partial charge is 0.240 e. The van der Waals surface area contributed by atoms with Crippen molar-refractivity contribution in [1.29, 1.82) is 0 Å². The van der Waals surface area contributed by atoms with Gasteiger partial charge in [-0.15, -0.1) is 11.6 Å². The summed E-state index contributed by atoms with van der Waals surface area (Å²) in [7, 11) is -3.57. The second-order valence-corrected chi connectivity index (χ2v) is 7.06. The molecular weight excluding hydrogens is 298 g/mol. The highest BCUT2D eigenvalue weighted by molar-refractivity contribution is 7.89. The molecule has 4 nitrogen and oxygen atoms in total. The van der Waals surface area contributed by atoms with E-state index in [4.69, 9.17) is 11.6 Å². The Bertz CT molecular complexity index is 490. The van der Waals surface area contributed by atoms with Gasteiger partial charge in [-0.25, -0.2) is 13.1 Å². The van der Waals surface area contributed by atoms with Crippen molar-refractivity contribution in [1.82, 2.24) is 4.72 Å². The summed E-state index contributed by atoms with van der Waals surface area (Å²) in [6.45, 7) is 3.49. The third-order valence-corrected chi connectivity index (χ3v) is 5.18. The van der Waals surface area contributed by atoms with E-state index in [1.165, 1.54) is 0 Å². The third kappa shape index (κ3) is 5.05. The van der Waals surface area contributed by atoms with Crippen molar-refractivity contribution >= 4 is 21.6 Å². The zero-order valence-corrected chi connectivity index (χ0v) is 13.4. The molecule has 20 heavy (non-hydrogen) atoms. The monoisotopic (exact) mass is 319 g/mol. The molecule has 0 bridgehead atoms. The van der Waals surface area contributed by atoms with Crippen LogP contribution in [-0.4, -0.2) is 31.6 Å². The van der Waals surface area contributed by atoms with Crippen molar-refractivity contribution in [3.63, 3.8) is 0 Å². The van der Waals surface area contributed by atoms with Crippen molar-refractivity contribution in [2.24, 2.45) is 5.92 Å². The maximum atomic E-state index is 12.3. The predicted molar refractivity (Wildman–Crippen MR) is 81.4 cm³/mol. The van der Waals surface area contributed by atoms with Gasteiger partial charge in [0.2, 0.25) is 10.0 Å². The molecule has 1 aromatic carbocycles. The van der Waals surface area contributed by atoms with E-state index in [0.29, 0.717) is 18.7 Å². The van der Waals surface area contributed by atoms with E-state index in [-0.39, 0.29) is 16.9 Å². The molecule has 0 heterocycles. The maximum absolute atomic E-state index is 12.3. The molecule has 0 aromatic heterocycles. The largest absolute Gasteiger partial charge is 0.393 e. The maximum Gasteiger partial charge on any atom is 0.240 e. The fraction of sp³-hybridized carbons (Fsp3) is 0.571. The van der Waals surface area contributed by atoms with Gasteiger partial charge in [0.15, 0.2) is 0 Å². The van der Waals surface area contributed by atoms with Crippen molar-refractivity contribution in [2.45, 2.75) is 43.7 Å². The number of alkyl halides is 1. The highest BCUT2D eigenvalue weighted by Gasteiger charge is 2.26.